The lowest BCUT2D eigenvalue weighted by Crippen LogP contribution is -2.37. The van der Waals surface area contributed by atoms with Gasteiger partial charge in [-0.3, -0.25) is 24.2 Å². The highest BCUT2D eigenvalue weighted by Gasteiger charge is 2.12. The van der Waals surface area contributed by atoms with Crippen molar-refractivity contribution in [1.29, 1.82) is 0 Å². The first-order valence-electron chi connectivity index (χ1n) is 7.10. The van der Waals surface area contributed by atoms with Gasteiger partial charge in [0.1, 0.15) is 5.56 Å². The van der Waals surface area contributed by atoms with E-state index < -0.39 is 17.1 Å². The first-order valence-corrected chi connectivity index (χ1v) is 7.10. The van der Waals surface area contributed by atoms with Crippen LogP contribution in [0.4, 0.5) is 0 Å². The number of morpholine rings is 1. The number of aromatic hydroxyl groups is 1. The molecule has 0 atom stereocenters. The summed E-state index contributed by atoms with van der Waals surface area (Å²) in [5, 5.41) is 10.0. The average molecular weight is 308 g/mol. The van der Waals surface area contributed by atoms with Crippen molar-refractivity contribution in [3.05, 3.63) is 39.1 Å². The van der Waals surface area contributed by atoms with Gasteiger partial charge < -0.3 is 9.84 Å². The summed E-state index contributed by atoms with van der Waals surface area (Å²) in [4.78, 5) is 31.8. The SMILES string of the molecule is C=CCn1c(O)c(C=NCCN2CCOCC2)c(=O)[nH]c1=O. The van der Waals surface area contributed by atoms with Crippen LogP contribution in [0.3, 0.4) is 0 Å². The average Bonchev–Trinajstić information content (AvgIpc) is 2.51. The number of H-pyrrole nitrogens is 1. The molecule has 1 aliphatic heterocycles. The summed E-state index contributed by atoms with van der Waals surface area (Å²) in [5.74, 6) is -0.399. The van der Waals surface area contributed by atoms with Crippen LogP contribution in [-0.4, -0.2) is 65.2 Å². The number of hydrogen-bond donors (Lipinski definition) is 2. The maximum atomic E-state index is 11.7. The van der Waals surface area contributed by atoms with E-state index in [1.807, 2.05) is 0 Å². The lowest BCUT2D eigenvalue weighted by molar-refractivity contribution is 0.0395. The van der Waals surface area contributed by atoms with Crippen molar-refractivity contribution in [2.24, 2.45) is 4.99 Å². The van der Waals surface area contributed by atoms with Crippen molar-refractivity contribution in [3.8, 4) is 5.88 Å². The second-order valence-electron chi connectivity index (χ2n) is 4.89. The van der Waals surface area contributed by atoms with Gasteiger partial charge >= 0.3 is 5.69 Å². The number of rotatable bonds is 6. The Kier molecular flexibility index (Phi) is 5.68. The molecule has 2 rings (SSSR count). The van der Waals surface area contributed by atoms with E-state index in [-0.39, 0.29) is 12.1 Å². The molecule has 0 unspecified atom stereocenters. The van der Waals surface area contributed by atoms with Gasteiger partial charge in [0.15, 0.2) is 0 Å². The molecule has 0 radical (unpaired) electrons. The van der Waals surface area contributed by atoms with Gasteiger partial charge in [-0.05, 0) is 0 Å². The Balaban J connectivity index is 2.06. The van der Waals surface area contributed by atoms with Gasteiger partial charge in [-0.2, -0.15) is 0 Å². The topological polar surface area (TPSA) is 99.9 Å². The summed E-state index contributed by atoms with van der Waals surface area (Å²) >= 11 is 0. The fourth-order valence-corrected chi connectivity index (χ4v) is 2.17. The Morgan fingerprint density at radius 1 is 1.36 bits per heavy atom. The Hall–Kier alpha value is -2.19. The minimum atomic E-state index is -0.673. The third kappa shape index (κ3) is 3.92. The zero-order valence-electron chi connectivity index (χ0n) is 12.3. The van der Waals surface area contributed by atoms with Crippen molar-refractivity contribution >= 4 is 6.21 Å². The second-order valence-corrected chi connectivity index (χ2v) is 4.89. The van der Waals surface area contributed by atoms with Crippen molar-refractivity contribution in [1.82, 2.24) is 14.5 Å². The van der Waals surface area contributed by atoms with Crippen LogP contribution in [0.2, 0.25) is 0 Å². The number of ether oxygens (including phenoxy) is 1. The molecule has 1 fully saturated rings. The van der Waals surface area contributed by atoms with Crippen molar-refractivity contribution in [3.63, 3.8) is 0 Å². The molecule has 0 spiro atoms. The van der Waals surface area contributed by atoms with Crippen LogP contribution < -0.4 is 11.2 Å². The van der Waals surface area contributed by atoms with Crippen LogP contribution in [0.25, 0.3) is 0 Å². The molecule has 1 aromatic rings. The van der Waals surface area contributed by atoms with E-state index in [1.165, 1.54) is 12.3 Å². The van der Waals surface area contributed by atoms with E-state index in [2.05, 4.69) is 21.5 Å². The molecule has 0 aromatic carbocycles. The summed E-state index contributed by atoms with van der Waals surface area (Å²) in [6.07, 6.45) is 2.76. The maximum absolute atomic E-state index is 11.7. The molecule has 1 aromatic heterocycles. The van der Waals surface area contributed by atoms with Gasteiger partial charge in [-0.25, -0.2) is 4.79 Å². The monoisotopic (exact) mass is 308 g/mol. The van der Waals surface area contributed by atoms with Crippen molar-refractivity contribution in [2.45, 2.75) is 6.54 Å². The number of allylic oxidation sites excluding steroid dienone is 1. The Morgan fingerprint density at radius 3 is 2.77 bits per heavy atom. The van der Waals surface area contributed by atoms with E-state index in [4.69, 9.17) is 4.74 Å². The van der Waals surface area contributed by atoms with Crippen LogP contribution in [0.1, 0.15) is 5.56 Å². The largest absolute Gasteiger partial charge is 0.494 e. The number of nitrogens with zero attached hydrogens (tertiary/aromatic N) is 3. The molecule has 8 nitrogen and oxygen atoms in total. The zero-order valence-corrected chi connectivity index (χ0v) is 12.3. The minimum absolute atomic E-state index is 0.0246. The molecule has 0 aliphatic carbocycles. The molecule has 120 valence electrons. The second kappa shape index (κ2) is 7.71. The molecule has 8 heteroatoms. The predicted octanol–water partition coefficient (Wildman–Crippen LogP) is -0.821. The van der Waals surface area contributed by atoms with Crippen LogP contribution in [0, 0.1) is 0 Å². The molecule has 0 amide bonds. The molecular formula is C14H20N4O4. The maximum Gasteiger partial charge on any atom is 0.331 e. The molecule has 1 saturated heterocycles. The highest BCUT2D eigenvalue weighted by Crippen LogP contribution is 2.07. The summed E-state index contributed by atoms with van der Waals surface area (Å²) in [6, 6.07) is 0. The van der Waals surface area contributed by atoms with Crippen LogP contribution in [-0.2, 0) is 11.3 Å². The smallest absolute Gasteiger partial charge is 0.331 e. The van der Waals surface area contributed by atoms with Gasteiger partial charge in [0.25, 0.3) is 5.56 Å². The highest BCUT2D eigenvalue weighted by atomic mass is 16.5. The summed E-state index contributed by atoms with van der Waals surface area (Å²) < 4.78 is 6.28. The normalized spacial score (nSPS) is 16.2. The Bertz CT molecular complexity index is 656. The van der Waals surface area contributed by atoms with Crippen molar-refractivity contribution < 1.29 is 9.84 Å². The Labute approximate surface area is 127 Å². The number of aliphatic imine (C=N–C) groups is 1. The zero-order chi connectivity index (χ0) is 15.9. The quantitative estimate of drug-likeness (QED) is 0.528. The number of nitrogens with one attached hydrogen (secondary N) is 1. The van der Waals surface area contributed by atoms with Crippen LogP contribution >= 0.6 is 0 Å². The van der Waals surface area contributed by atoms with E-state index in [0.717, 1.165) is 37.4 Å². The number of hydrogen-bond acceptors (Lipinski definition) is 6. The van der Waals surface area contributed by atoms with E-state index in [9.17, 15) is 14.7 Å². The van der Waals surface area contributed by atoms with Gasteiger partial charge in [-0.15, -0.1) is 6.58 Å². The summed E-state index contributed by atoms with van der Waals surface area (Å²) in [6.45, 7) is 8.04. The summed E-state index contributed by atoms with van der Waals surface area (Å²) in [5.41, 5.74) is -1.35. The van der Waals surface area contributed by atoms with Crippen LogP contribution in [0.15, 0.2) is 27.2 Å². The highest BCUT2D eigenvalue weighted by molar-refractivity contribution is 5.81. The predicted molar refractivity (Wildman–Crippen MR) is 82.9 cm³/mol. The first-order chi connectivity index (χ1) is 10.6. The van der Waals surface area contributed by atoms with Gasteiger partial charge in [0.05, 0.1) is 19.8 Å². The number of aromatic nitrogens is 2. The lowest BCUT2D eigenvalue weighted by Gasteiger charge is -2.25. The van der Waals surface area contributed by atoms with E-state index in [0.29, 0.717) is 6.54 Å². The molecule has 0 bridgehead atoms. The molecule has 1 aliphatic rings. The fraction of sp³-hybridized carbons (Fsp3) is 0.500. The van der Waals surface area contributed by atoms with Gasteiger partial charge in [0.2, 0.25) is 5.88 Å². The van der Waals surface area contributed by atoms with E-state index in [1.54, 1.807) is 0 Å². The third-order valence-corrected chi connectivity index (χ3v) is 3.39. The standard InChI is InChI=1S/C14H20N4O4/c1-2-4-18-13(20)11(12(19)16-14(18)21)10-15-3-5-17-6-8-22-9-7-17/h2,10,20H,1,3-9H2,(H,16,19,21). The summed E-state index contributed by atoms with van der Waals surface area (Å²) in [7, 11) is 0. The molecule has 2 heterocycles. The van der Waals surface area contributed by atoms with E-state index >= 15 is 0 Å². The fourth-order valence-electron chi connectivity index (χ4n) is 2.17. The first kappa shape index (κ1) is 16.2. The third-order valence-electron chi connectivity index (χ3n) is 3.39. The minimum Gasteiger partial charge on any atom is -0.494 e. The van der Waals surface area contributed by atoms with Gasteiger partial charge in [-0.1, -0.05) is 6.08 Å². The number of aromatic amines is 1. The van der Waals surface area contributed by atoms with Crippen LogP contribution in [0.5, 0.6) is 5.88 Å². The molecule has 0 saturated carbocycles. The van der Waals surface area contributed by atoms with Gasteiger partial charge in [0, 0.05) is 32.4 Å². The molecule has 2 N–H and O–H groups in total. The molecular weight excluding hydrogens is 288 g/mol. The lowest BCUT2D eigenvalue weighted by atomic mass is 10.3. The molecule has 22 heavy (non-hydrogen) atoms. The van der Waals surface area contributed by atoms with Crippen molar-refractivity contribution in [2.75, 3.05) is 39.4 Å². The Morgan fingerprint density at radius 2 is 2.09 bits per heavy atom.